The fourth-order valence-electron chi connectivity index (χ4n) is 8.61. The van der Waals surface area contributed by atoms with E-state index in [1.54, 1.807) is 38.1 Å². The Morgan fingerprint density at radius 1 is 0.266 bits per heavy atom. The SMILES string of the molecule is CC(C)(c1ccc(O)c(C(C)(O)C(F)(F)F)c1)c1cccc(O)c1C(C)(O)C(F)(F)F.CC(C)(c1ccc(O)cc1)c1ccc(C(C)(O)C(F)(F)F)c(O)c1.CC(C)(c1ccc(O)cc1)c1cccc(O)c1C(C)(O)C(F)(F)F. The van der Waals surface area contributed by atoms with Crippen molar-refractivity contribution in [2.45, 2.75) is 133 Å². The van der Waals surface area contributed by atoms with Gasteiger partial charge in [-0.05, 0) is 116 Å². The van der Waals surface area contributed by atoms with Gasteiger partial charge in [0.25, 0.3) is 0 Å². The van der Waals surface area contributed by atoms with Crippen LogP contribution >= 0.6 is 0 Å². The minimum atomic E-state index is -5.17. The van der Waals surface area contributed by atoms with Crippen molar-refractivity contribution in [3.63, 3.8) is 0 Å². The molecule has 0 aliphatic carbocycles. The van der Waals surface area contributed by atoms with E-state index in [0.29, 0.717) is 38.8 Å². The van der Waals surface area contributed by atoms with Crippen LogP contribution in [0, 0.1) is 0 Å². The maximum Gasteiger partial charge on any atom is 0.421 e. The van der Waals surface area contributed by atoms with E-state index in [2.05, 4.69) is 0 Å². The van der Waals surface area contributed by atoms with E-state index in [4.69, 9.17) is 0 Å². The number of rotatable bonds is 10. The average molecular weight is 1130 g/mol. The predicted molar refractivity (Wildman–Crippen MR) is 268 cm³/mol. The van der Waals surface area contributed by atoms with E-state index in [9.17, 15) is 104 Å². The van der Waals surface area contributed by atoms with Gasteiger partial charge in [-0.3, -0.25) is 0 Å². The van der Waals surface area contributed by atoms with Gasteiger partial charge in [0.1, 0.15) is 34.5 Å². The summed E-state index contributed by atoms with van der Waals surface area (Å²) in [6.07, 6.45) is -20.2. The van der Waals surface area contributed by atoms with Gasteiger partial charge >= 0.3 is 24.7 Å². The summed E-state index contributed by atoms with van der Waals surface area (Å²) < 4.78 is 159. The highest BCUT2D eigenvalue weighted by Crippen LogP contribution is 2.51. The maximum atomic E-state index is 13.5. The third kappa shape index (κ3) is 12.8. The predicted octanol–water partition coefficient (Wildman–Crippen LogP) is 13.4. The van der Waals surface area contributed by atoms with Crippen LogP contribution in [0.25, 0.3) is 0 Å². The molecule has 0 spiro atoms. The second-order valence-electron chi connectivity index (χ2n) is 21.1. The van der Waals surface area contributed by atoms with Crippen LogP contribution in [0.15, 0.2) is 121 Å². The van der Waals surface area contributed by atoms with Gasteiger partial charge in [0.2, 0.25) is 0 Å². The minimum Gasteiger partial charge on any atom is -0.508 e. The molecule has 0 aliphatic rings. The number of alkyl halides is 12. The number of hydrogen-bond donors (Lipinski definition) is 10. The summed E-state index contributed by atoms with van der Waals surface area (Å²) >= 11 is 0. The highest BCUT2D eigenvalue weighted by Gasteiger charge is 2.57. The van der Waals surface area contributed by atoms with Crippen molar-refractivity contribution in [1.29, 1.82) is 0 Å². The fraction of sp³-hybridized carbons (Fsp3) is 0.368. The van der Waals surface area contributed by atoms with E-state index >= 15 is 0 Å². The van der Waals surface area contributed by atoms with Crippen molar-refractivity contribution in [1.82, 2.24) is 0 Å². The van der Waals surface area contributed by atoms with Crippen molar-refractivity contribution < 1.29 is 104 Å². The number of phenolic OH excluding ortho intramolecular Hbond substituents is 6. The largest absolute Gasteiger partial charge is 0.508 e. The van der Waals surface area contributed by atoms with Gasteiger partial charge in [0, 0.05) is 38.5 Å². The molecule has 10 N–H and O–H groups in total. The van der Waals surface area contributed by atoms with Crippen molar-refractivity contribution in [2.24, 2.45) is 0 Å². The molecule has 6 aromatic carbocycles. The van der Waals surface area contributed by atoms with Gasteiger partial charge in [0.05, 0.1) is 0 Å². The molecule has 0 aliphatic heterocycles. The molecule has 22 heteroatoms. The summed E-state index contributed by atoms with van der Waals surface area (Å²) in [5.41, 5.74) is -17.3. The van der Waals surface area contributed by atoms with Gasteiger partial charge in [-0.25, -0.2) is 0 Å². The summed E-state index contributed by atoms with van der Waals surface area (Å²) in [6.45, 7) is 11.9. The van der Waals surface area contributed by atoms with Crippen LogP contribution in [0.2, 0.25) is 0 Å². The molecular weight excluding hydrogens is 1070 g/mol. The number of aliphatic hydroxyl groups is 4. The van der Waals surface area contributed by atoms with Crippen LogP contribution in [0.5, 0.6) is 34.5 Å². The Morgan fingerprint density at radius 2 is 0.570 bits per heavy atom. The molecule has 0 heterocycles. The van der Waals surface area contributed by atoms with Gasteiger partial charge < -0.3 is 51.1 Å². The molecular formula is C57H60F12O10. The quantitative estimate of drug-likeness (QED) is 0.0588. The van der Waals surface area contributed by atoms with E-state index in [1.807, 2.05) is 13.8 Å². The zero-order valence-corrected chi connectivity index (χ0v) is 44.1. The van der Waals surface area contributed by atoms with E-state index in [0.717, 1.165) is 35.9 Å². The Kier molecular flexibility index (Phi) is 17.7. The average Bonchev–Trinajstić information content (AvgIpc) is 3.30. The Morgan fingerprint density at radius 3 is 0.924 bits per heavy atom. The zero-order valence-electron chi connectivity index (χ0n) is 44.1. The van der Waals surface area contributed by atoms with Gasteiger partial charge in [0.15, 0.2) is 22.4 Å². The number of aromatic hydroxyl groups is 6. The fourth-order valence-corrected chi connectivity index (χ4v) is 8.61. The molecule has 0 amide bonds. The Bertz CT molecular complexity index is 3100. The number of hydrogen-bond acceptors (Lipinski definition) is 10. The van der Waals surface area contributed by atoms with Crippen molar-refractivity contribution >= 4 is 0 Å². The van der Waals surface area contributed by atoms with Gasteiger partial charge in [-0.2, -0.15) is 52.7 Å². The first kappa shape index (κ1) is 64.6. The molecule has 6 rings (SSSR count). The monoisotopic (exact) mass is 1130 g/mol. The standard InChI is InChI=1S/C21H22F6O4.2C18H19F3O3/c1-17(2,11-8-9-14(28)13(10-11)18(3,30)20(22,23)24)12-6-5-7-15(29)16(12)19(4,31)21(25,26)27;1-16(2,11-4-7-13(22)8-5-11)12-6-9-14(15(23)10-12)17(3,24)18(19,20)21;1-16(2,11-7-9-12(22)10-8-11)13-5-4-6-14(23)15(13)17(3,24)18(19,20)21/h5-10,28-31H,1-4H3;2*4-10,22-24H,1-3H3. The van der Waals surface area contributed by atoms with E-state index in [-0.39, 0.29) is 28.2 Å². The number of halogens is 12. The first-order valence-electron chi connectivity index (χ1n) is 23.6. The van der Waals surface area contributed by atoms with Crippen molar-refractivity contribution in [3.05, 3.63) is 177 Å². The smallest absolute Gasteiger partial charge is 0.421 e. The summed E-state index contributed by atoms with van der Waals surface area (Å²) in [5.74, 6) is -2.82. The lowest BCUT2D eigenvalue weighted by Gasteiger charge is -2.36. The van der Waals surface area contributed by atoms with Crippen molar-refractivity contribution in [3.8, 4) is 34.5 Å². The maximum absolute atomic E-state index is 13.5. The molecule has 0 saturated carbocycles. The molecule has 432 valence electrons. The number of benzene rings is 6. The molecule has 0 aromatic heterocycles. The Hall–Kier alpha value is -6.88. The zero-order chi connectivity index (χ0) is 60.9. The van der Waals surface area contributed by atoms with E-state index in [1.165, 1.54) is 80.6 Å². The Balaban J connectivity index is 0.000000258. The minimum absolute atomic E-state index is 0.00495. The summed E-state index contributed by atoms with van der Waals surface area (Å²) in [5, 5.41) is 99.0. The highest BCUT2D eigenvalue weighted by molar-refractivity contribution is 5.55. The molecule has 6 aromatic rings. The second kappa shape index (κ2) is 21.6. The summed E-state index contributed by atoms with van der Waals surface area (Å²) in [4.78, 5) is 0. The molecule has 0 fully saturated rings. The van der Waals surface area contributed by atoms with E-state index < -0.39 is 109 Å². The van der Waals surface area contributed by atoms with Crippen LogP contribution in [-0.4, -0.2) is 75.8 Å². The first-order chi connectivity index (χ1) is 35.5. The molecule has 10 nitrogen and oxygen atoms in total. The van der Waals surface area contributed by atoms with Crippen LogP contribution in [0.4, 0.5) is 52.7 Å². The topological polar surface area (TPSA) is 202 Å². The lowest BCUT2D eigenvalue weighted by molar-refractivity contribution is -0.259. The lowest BCUT2D eigenvalue weighted by atomic mass is 9.72. The van der Waals surface area contributed by atoms with Crippen LogP contribution in [-0.2, 0) is 38.6 Å². The molecule has 4 atom stereocenters. The highest BCUT2D eigenvalue weighted by atomic mass is 19.4. The molecule has 79 heavy (non-hydrogen) atoms. The van der Waals surface area contributed by atoms with Crippen LogP contribution in [0.1, 0.15) is 125 Å². The van der Waals surface area contributed by atoms with Crippen molar-refractivity contribution in [2.75, 3.05) is 0 Å². The lowest BCUT2D eigenvalue weighted by Crippen LogP contribution is -2.42. The molecule has 0 saturated heterocycles. The summed E-state index contributed by atoms with van der Waals surface area (Å²) in [6, 6.07) is 26.5. The first-order valence-corrected chi connectivity index (χ1v) is 23.6. The van der Waals surface area contributed by atoms with Crippen LogP contribution < -0.4 is 0 Å². The second-order valence-corrected chi connectivity index (χ2v) is 21.1. The van der Waals surface area contributed by atoms with Gasteiger partial charge in [-0.15, -0.1) is 0 Å². The Labute approximate surface area is 446 Å². The normalized spacial score (nSPS) is 15.9. The molecule has 0 radical (unpaired) electrons. The molecule has 4 unspecified atom stereocenters. The molecule has 0 bridgehead atoms. The summed E-state index contributed by atoms with van der Waals surface area (Å²) in [7, 11) is 0. The number of phenols is 6. The van der Waals surface area contributed by atoms with Gasteiger partial charge in [-0.1, -0.05) is 108 Å². The third-order valence-corrected chi connectivity index (χ3v) is 14.3. The van der Waals surface area contributed by atoms with Crippen LogP contribution in [0.3, 0.4) is 0 Å². The third-order valence-electron chi connectivity index (χ3n) is 14.3.